The Morgan fingerprint density at radius 2 is 1.82 bits per heavy atom. The second kappa shape index (κ2) is 11.4. The number of rotatable bonds is 7. The molecular formula is C26H25F3N4O5. The number of alkyl halides is 3. The van der Waals surface area contributed by atoms with E-state index in [4.69, 9.17) is 9.47 Å². The molecule has 200 valence electrons. The summed E-state index contributed by atoms with van der Waals surface area (Å²) in [5.41, 5.74) is 0.750. The summed E-state index contributed by atoms with van der Waals surface area (Å²) in [6.07, 6.45) is -3.87. The number of ether oxygens (including phenoxy) is 2. The van der Waals surface area contributed by atoms with E-state index in [1.807, 2.05) is 0 Å². The largest absolute Gasteiger partial charge is 0.490 e. The van der Waals surface area contributed by atoms with Gasteiger partial charge in [0.15, 0.2) is 0 Å². The zero-order valence-electron chi connectivity index (χ0n) is 20.4. The molecular weight excluding hydrogens is 505 g/mol. The molecule has 0 atom stereocenters. The van der Waals surface area contributed by atoms with Gasteiger partial charge in [-0.15, -0.1) is 0 Å². The van der Waals surface area contributed by atoms with Crippen molar-refractivity contribution in [3.63, 3.8) is 0 Å². The molecule has 1 aliphatic heterocycles. The predicted octanol–water partition coefficient (Wildman–Crippen LogP) is 3.68. The highest BCUT2D eigenvalue weighted by Gasteiger charge is 2.31. The molecule has 0 bridgehead atoms. The Balaban J connectivity index is 1.25. The van der Waals surface area contributed by atoms with Crippen molar-refractivity contribution in [3.05, 3.63) is 71.4 Å². The van der Waals surface area contributed by atoms with Gasteiger partial charge in [0.05, 0.1) is 30.5 Å². The van der Waals surface area contributed by atoms with E-state index in [0.29, 0.717) is 42.8 Å². The van der Waals surface area contributed by atoms with Gasteiger partial charge in [-0.2, -0.15) is 18.3 Å². The minimum absolute atomic E-state index is 0.132. The van der Waals surface area contributed by atoms with E-state index in [-0.39, 0.29) is 30.0 Å². The highest BCUT2D eigenvalue weighted by atomic mass is 19.4. The highest BCUT2D eigenvalue weighted by Crippen LogP contribution is 2.32. The summed E-state index contributed by atoms with van der Waals surface area (Å²) in [4.78, 5) is 38.4. The third-order valence-corrected chi connectivity index (χ3v) is 6.06. The monoisotopic (exact) mass is 530 g/mol. The Labute approximate surface area is 215 Å². The number of carbonyl (C=O) groups excluding carboxylic acids is 3. The van der Waals surface area contributed by atoms with E-state index in [9.17, 15) is 27.6 Å². The Kier molecular flexibility index (Phi) is 7.99. The maximum absolute atomic E-state index is 12.9. The summed E-state index contributed by atoms with van der Waals surface area (Å²) in [6.45, 7) is 0.469. The van der Waals surface area contributed by atoms with Gasteiger partial charge in [-0.1, -0.05) is 18.2 Å². The fraction of sp³-hybridized carbons (Fsp3) is 0.308. The molecule has 1 saturated heterocycles. The van der Waals surface area contributed by atoms with Crippen molar-refractivity contribution < 1.29 is 37.0 Å². The van der Waals surface area contributed by atoms with Crippen LogP contribution in [0.4, 0.5) is 13.2 Å². The number of nitrogens with one attached hydrogen (secondary N) is 2. The predicted molar refractivity (Wildman–Crippen MR) is 129 cm³/mol. The van der Waals surface area contributed by atoms with Gasteiger partial charge in [0.1, 0.15) is 17.5 Å². The standard InChI is InChI=1S/C26H25F3N4O5/c1-37-25(36)17-5-2-4-16(12-17)21-14-22(32-31-21)24(35)30-15-23(34)33-10-8-19(9-11-33)38-20-7-3-6-18(13-20)26(27,28)29/h2-7,12-14,19H,8-11,15H2,1H3,(H,30,35)(H,31,32). The number of piperidine rings is 1. The number of methoxy groups -OCH3 is 1. The third kappa shape index (κ3) is 6.50. The van der Waals surface area contributed by atoms with Crippen molar-refractivity contribution in [2.75, 3.05) is 26.7 Å². The van der Waals surface area contributed by atoms with Crippen LogP contribution in [0.2, 0.25) is 0 Å². The summed E-state index contributed by atoms with van der Waals surface area (Å²) < 4.78 is 49.1. The smallest absolute Gasteiger partial charge is 0.416 e. The van der Waals surface area contributed by atoms with Crippen LogP contribution < -0.4 is 10.1 Å². The number of benzene rings is 2. The minimum Gasteiger partial charge on any atom is -0.490 e. The van der Waals surface area contributed by atoms with Crippen LogP contribution in [0.3, 0.4) is 0 Å². The molecule has 38 heavy (non-hydrogen) atoms. The van der Waals surface area contributed by atoms with Crippen LogP contribution in [0.15, 0.2) is 54.6 Å². The number of aromatic nitrogens is 2. The van der Waals surface area contributed by atoms with E-state index in [1.165, 1.54) is 25.3 Å². The Bertz CT molecular complexity index is 1320. The Morgan fingerprint density at radius 3 is 2.53 bits per heavy atom. The van der Waals surface area contributed by atoms with E-state index in [2.05, 4.69) is 15.5 Å². The SMILES string of the molecule is COC(=O)c1cccc(-c2cc(C(=O)NCC(=O)N3CCC(Oc4cccc(C(F)(F)F)c4)CC3)[nH]n2)c1. The first-order valence-electron chi connectivity index (χ1n) is 11.8. The molecule has 0 aliphatic carbocycles. The molecule has 2 amide bonds. The van der Waals surface area contributed by atoms with Gasteiger partial charge in [0.25, 0.3) is 5.91 Å². The van der Waals surface area contributed by atoms with Crippen LogP contribution in [0, 0.1) is 0 Å². The van der Waals surface area contributed by atoms with E-state index < -0.39 is 23.6 Å². The number of likely N-dealkylation sites (tertiary alicyclic amines) is 1. The van der Waals surface area contributed by atoms with E-state index in [0.717, 1.165) is 12.1 Å². The number of halogens is 3. The van der Waals surface area contributed by atoms with E-state index in [1.54, 1.807) is 29.2 Å². The summed E-state index contributed by atoms with van der Waals surface area (Å²) in [7, 11) is 1.28. The molecule has 2 heterocycles. The molecule has 0 radical (unpaired) electrons. The average Bonchev–Trinajstić information content (AvgIpc) is 3.42. The fourth-order valence-corrected chi connectivity index (χ4v) is 4.03. The molecule has 2 N–H and O–H groups in total. The maximum Gasteiger partial charge on any atom is 0.416 e. The minimum atomic E-state index is -4.45. The van der Waals surface area contributed by atoms with Crippen LogP contribution >= 0.6 is 0 Å². The van der Waals surface area contributed by atoms with Crippen molar-refractivity contribution >= 4 is 17.8 Å². The second-order valence-electron chi connectivity index (χ2n) is 8.65. The van der Waals surface area contributed by atoms with Crippen molar-refractivity contribution in [2.24, 2.45) is 0 Å². The zero-order valence-corrected chi connectivity index (χ0v) is 20.4. The molecule has 1 fully saturated rings. The quantitative estimate of drug-likeness (QED) is 0.451. The van der Waals surface area contributed by atoms with Gasteiger partial charge >= 0.3 is 12.1 Å². The van der Waals surface area contributed by atoms with Crippen LogP contribution in [-0.4, -0.2) is 65.7 Å². The number of aromatic amines is 1. The third-order valence-electron chi connectivity index (χ3n) is 6.06. The first-order chi connectivity index (χ1) is 18.1. The topological polar surface area (TPSA) is 114 Å². The molecule has 1 aromatic heterocycles. The second-order valence-corrected chi connectivity index (χ2v) is 8.65. The fourth-order valence-electron chi connectivity index (χ4n) is 4.03. The number of H-pyrrole nitrogens is 1. The van der Waals surface area contributed by atoms with Crippen molar-refractivity contribution in [2.45, 2.75) is 25.1 Å². The van der Waals surface area contributed by atoms with Gasteiger partial charge in [-0.05, 0) is 36.4 Å². The van der Waals surface area contributed by atoms with Gasteiger partial charge in [0.2, 0.25) is 5.91 Å². The molecule has 4 rings (SSSR count). The first-order valence-corrected chi connectivity index (χ1v) is 11.8. The number of carbonyl (C=O) groups is 3. The summed E-state index contributed by atoms with van der Waals surface area (Å²) in [5.74, 6) is -1.18. The summed E-state index contributed by atoms with van der Waals surface area (Å²) >= 11 is 0. The number of hydrogen-bond acceptors (Lipinski definition) is 6. The summed E-state index contributed by atoms with van der Waals surface area (Å²) in [5, 5.41) is 9.28. The zero-order chi connectivity index (χ0) is 27.3. The van der Waals surface area contributed by atoms with Crippen molar-refractivity contribution in [1.82, 2.24) is 20.4 Å². The lowest BCUT2D eigenvalue weighted by atomic mass is 10.1. The highest BCUT2D eigenvalue weighted by molar-refractivity contribution is 5.96. The van der Waals surface area contributed by atoms with Crippen molar-refractivity contribution in [1.29, 1.82) is 0 Å². The average molecular weight is 531 g/mol. The normalized spacial score (nSPS) is 14.2. The van der Waals surface area contributed by atoms with Gasteiger partial charge < -0.3 is 19.7 Å². The molecule has 1 aliphatic rings. The molecule has 3 aromatic rings. The van der Waals surface area contributed by atoms with E-state index >= 15 is 0 Å². The first kappa shape index (κ1) is 26.7. The number of nitrogens with zero attached hydrogens (tertiary/aromatic N) is 2. The molecule has 2 aromatic carbocycles. The summed E-state index contributed by atoms with van der Waals surface area (Å²) in [6, 6.07) is 12.8. The number of hydrogen-bond donors (Lipinski definition) is 2. The molecule has 9 nitrogen and oxygen atoms in total. The Morgan fingerprint density at radius 1 is 1.08 bits per heavy atom. The Hall–Kier alpha value is -4.35. The number of amides is 2. The lowest BCUT2D eigenvalue weighted by Gasteiger charge is -2.32. The maximum atomic E-state index is 12.9. The molecule has 0 spiro atoms. The lowest BCUT2D eigenvalue weighted by Crippen LogP contribution is -2.46. The lowest BCUT2D eigenvalue weighted by molar-refractivity contribution is -0.138. The van der Waals surface area contributed by atoms with Crippen LogP contribution in [0.5, 0.6) is 5.75 Å². The van der Waals surface area contributed by atoms with Gasteiger partial charge in [-0.3, -0.25) is 14.7 Å². The van der Waals surface area contributed by atoms with Crippen molar-refractivity contribution in [3.8, 4) is 17.0 Å². The van der Waals surface area contributed by atoms with Gasteiger partial charge in [0, 0.05) is 31.5 Å². The number of esters is 1. The van der Waals surface area contributed by atoms with Crippen LogP contribution in [0.25, 0.3) is 11.3 Å². The molecule has 12 heteroatoms. The van der Waals surface area contributed by atoms with Crippen LogP contribution in [-0.2, 0) is 15.7 Å². The molecule has 0 saturated carbocycles. The van der Waals surface area contributed by atoms with Crippen LogP contribution in [0.1, 0.15) is 39.3 Å². The van der Waals surface area contributed by atoms with Gasteiger partial charge in [-0.25, -0.2) is 4.79 Å². The molecule has 0 unspecified atom stereocenters.